The van der Waals surface area contributed by atoms with E-state index in [-0.39, 0.29) is 56.8 Å². The number of nitrogens with one attached hydrogen (secondary N) is 2. The summed E-state index contributed by atoms with van der Waals surface area (Å²) in [4.78, 5) is 82.0. The summed E-state index contributed by atoms with van der Waals surface area (Å²) < 4.78 is 31.7. The number of imidazole rings is 1. The quantitative estimate of drug-likeness (QED) is 0.142. The van der Waals surface area contributed by atoms with Crippen molar-refractivity contribution in [1.82, 2.24) is 24.2 Å². The predicted octanol–water partition coefficient (Wildman–Crippen LogP) is 1.81. The number of carbonyl (C=O) groups excluding carboxylic acids is 1. The Balaban J connectivity index is 1.26. The summed E-state index contributed by atoms with van der Waals surface area (Å²) in [6.45, 7) is 0.892. The van der Waals surface area contributed by atoms with Crippen LogP contribution in [0.25, 0.3) is 33.4 Å². The molecule has 1 saturated heterocycles. The molecule has 2 aromatic heterocycles. The van der Waals surface area contributed by atoms with E-state index in [2.05, 4.69) is 15.3 Å². The van der Waals surface area contributed by atoms with Gasteiger partial charge in [0, 0.05) is 58.7 Å². The number of hydrogen-bond donors (Lipinski definition) is 3. The fourth-order valence-corrected chi connectivity index (χ4v) is 6.99. The molecule has 0 saturated carbocycles. The average molecular weight is 728 g/mol. The molecule has 1 unspecified atom stereocenters. The van der Waals surface area contributed by atoms with Crippen molar-refractivity contribution in [2.45, 2.75) is 31.7 Å². The van der Waals surface area contributed by atoms with Gasteiger partial charge in [0.1, 0.15) is 30.0 Å². The van der Waals surface area contributed by atoms with Gasteiger partial charge in [0.05, 0.1) is 18.2 Å². The number of rotatable bonds is 9. The van der Waals surface area contributed by atoms with E-state index in [0.29, 0.717) is 10.9 Å². The first-order chi connectivity index (χ1) is 24.8. The molecule has 4 atom stereocenters. The lowest BCUT2D eigenvalue weighted by molar-refractivity contribution is -0.268. The van der Waals surface area contributed by atoms with Crippen molar-refractivity contribution >= 4 is 30.6 Å². The van der Waals surface area contributed by atoms with Crippen LogP contribution in [0.1, 0.15) is 38.9 Å². The van der Waals surface area contributed by atoms with Crippen molar-refractivity contribution in [1.29, 1.82) is 0 Å². The van der Waals surface area contributed by atoms with E-state index in [1.807, 2.05) is 0 Å². The van der Waals surface area contributed by atoms with Crippen molar-refractivity contribution in [2.24, 2.45) is 0 Å². The molecule has 3 aliphatic rings. The van der Waals surface area contributed by atoms with Crippen molar-refractivity contribution in [3.05, 3.63) is 127 Å². The van der Waals surface area contributed by atoms with Crippen LogP contribution >= 0.6 is 7.75 Å². The molecule has 266 valence electrons. The van der Waals surface area contributed by atoms with Gasteiger partial charge >= 0.3 is 11.7 Å². The summed E-state index contributed by atoms with van der Waals surface area (Å²) in [5, 5.41) is 25.5. The van der Waals surface area contributed by atoms with Crippen molar-refractivity contribution in [2.75, 3.05) is 6.61 Å². The Labute approximate surface area is 291 Å². The number of benzene rings is 3. The van der Waals surface area contributed by atoms with Gasteiger partial charge in [-0.25, -0.2) is 14.6 Å². The van der Waals surface area contributed by atoms with E-state index >= 15 is 0 Å². The number of nitrogens with zero attached hydrogens (tertiary/aromatic N) is 3. The van der Waals surface area contributed by atoms with Crippen LogP contribution in [0.15, 0.2) is 98.3 Å². The van der Waals surface area contributed by atoms with Crippen LogP contribution in [0, 0.1) is 6.92 Å². The van der Waals surface area contributed by atoms with Crippen LogP contribution in [-0.4, -0.2) is 54.6 Å². The van der Waals surface area contributed by atoms with Crippen molar-refractivity contribution in [3.63, 3.8) is 0 Å². The zero-order valence-corrected chi connectivity index (χ0v) is 27.8. The molecule has 0 bridgehead atoms. The number of aromatic carboxylic acids is 1. The minimum Gasteiger partial charge on any atom is -0.872 e. The first-order valence-corrected chi connectivity index (χ1v) is 17.1. The highest BCUT2D eigenvalue weighted by molar-refractivity contribution is 7.49. The van der Waals surface area contributed by atoms with Gasteiger partial charge in [-0.1, -0.05) is 12.1 Å². The summed E-state index contributed by atoms with van der Waals surface area (Å²) in [6.07, 6.45) is 2.45. The number of fused-ring (bicyclic) bond motifs is 2. The maximum atomic E-state index is 13.9. The van der Waals surface area contributed by atoms with Gasteiger partial charge in [-0.05, 0) is 48.9 Å². The lowest BCUT2D eigenvalue weighted by atomic mass is 9.89. The Morgan fingerprint density at radius 1 is 1.12 bits per heavy atom. The molecular formula is C34H26N5O12P-2. The molecule has 1 amide bonds. The average Bonchev–Trinajstić information content (AvgIpc) is 3.79. The second kappa shape index (κ2) is 13.2. The second-order valence-corrected chi connectivity index (χ2v) is 13.6. The van der Waals surface area contributed by atoms with Gasteiger partial charge < -0.3 is 34.1 Å². The number of aromatic nitrogens is 4. The van der Waals surface area contributed by atoms with E-state index in [4.69, 9.17) is 13.7 Å². The third kappa shape index (κ3) is 6.44. The fraction of sp³-hybridized carbons (Fsp3) is 0.176. The molecule has 2 aliphatic heterocycles. The fourth-order valence-electron chi connectivity index (χ4n) is 6.11. The van der Waals surface area contributed by atoms with Crippen molar-refractivity contribution < 1.29 is 42.9 Å². The number of amides is 1. The van der Waals surface area contributed by atoms with Crippen molar-refractivity contribution in [3.8, 4) is 28.2 Å². The highest BCUT2D eigenvalue weighted by Gasteiger charge is 2.39. The first kappa shape index (κ1) is 34.3. The highest BCUT2D eigenvalue weighted by atomic mass is 31.2. The number of aromatic amines is 1. The molecule has 52 heavy (non-hydrogen) atoms. The van der Waals surface area contributed by atoms with Gasteiger partial charge in [0.25, 0.3) is 11.5 Å². The first-order valence-electron chi connectivity index (χ1n) is 15.6. The third-order valence-electron chi connectivity index (χ3n) is 8.63. The molecule has 4 aromatic rings. The Morgan fingerprint density at radius 2 is 1.92 bits per heavy atom. The topological polar surface area (TPSA) is 251 Å². The maximum absolute atomic E-state index is 13.9. The summed E-state index contributed by atoms with van der Waals surface area (Å²) in [5.74, 6) is -2.35. The predicted molar refractivity (Wildman–Crippen MR) is 178 cm³/mol. The molecule has 0 radical (unpaired) electrons. The Kier molecular flexibility index (Phi) is 8.72. The maximum Gasteiger partial charge on any atom is 0.336 e. The van der Waals surface area contributed by atoms with E-state index in [0.717, 1.165) is 15.2 Å². The molecule has 1 aliphatic carbocycles. The second-order valence-electron chi connectivity index (χ2n) is 12.0. The number of carbonyl (C=O) groups is 2. The van der Waals surface area contributed by atoms with Crippen LogP contribution in [-0.2, 0) is 13.8 Å². The molecule has 18 heteroatoms. The van der Waals surface area contributed by atoms with Gasteiger partial charge in [-0.3, -0.25) is 32.8 Å². The van der Waals surface area contributed by atoms with E-state index in [9.17, 15) is 43.6 Å². The number of aryl methyl sites for hydroxylation is 1. The summed E-state index contributed by atoms with van der Waals surface area (Å²) in [5.41, 5.74) is -1.01. The lowest BCUT2D eigenvalue weighted by Gasteiger charge is -2.27. The number of H-pyrrole nitrogens is 1. The van der Waals surface area contributed by atoms with Crippen LogP contribution in [0.4, 0.5) is 0 Å². The molecule has 1 fully saturated rings. The zero-order chi connectivity index (χ0) is 36.9. The van der Waals surface area contributed by atoms with Gasteiger partial charge in [0.2, 0.25) is 7.75 Å². The van der Waals surface area contributed by atoms with Crippen LogP contribution in [0.2, 0.25) is 0 Å². The van der Waals surface area contributed by atoms with Crippen LogP contribution in [0.5, 0.6) is 5.75 Å². The van der Waals surface area contributed by atoms with E-state index in [1.165, 1.54) is 80.1 Å². The normalized spacial score (nSPS) is 18.4. The summed E-state index contributed by atoms with van der Waals surface area (Å²) in [7, 11) is -4.69. The number of carboxylic acid groups (broad SMARTS) is 1. The summed E-state index contributed by atoms with van der Waals surface area (Å²) >= 11 is 0. The Bertz CT molecular complexity index is 2580. The van der Waals surface area contributed by atoms with E-state index < -0.39 is 55.9 Å². The summed E-state index contributed by atoms with van der Waals surface area (Å²) in [6, 6.07) is 10.7. The van der Waals surface area contributed by atoms with Gasteiger partial charge in [-0.2, -0.15) is 0 Å². The van der Waals surface area contributed by atoms with Crippen LogP contribution in [0.3, 0.4) is 0 Å². The number of ether oxygens (including phenoxy) is 1. The number of carboxylic acids is 1. The standard InChI is InChI=1S/C34H28N5O12P/c1-17-14-39(34(46)37-31(17)42)29-13-25(28(51-29)15-49-52(47,48)38-9-8-35-16-38)36-32(43)18-2-5-21(33(44)45)24(10-18)30-22-6-3-19(40)11-26(22)50-27-12-20(41)4-7-23(27)30/h2-12,14,16,25,28-29,40H,13,15H2,1H3,(H,36,43)(H,44,45)(H,47,48)(H,37,42,46)/p-2/t25-,28-,29-/m1/s1. The molecule has 2 aromatic carbocycles. The smallest absolute Gasteiger partial charge is 0.336 e. The SMILES string of the molecule is Cc1cn([C@H]2C[C@@H](NC(=O)c3ccc(C(=O)O)c(-c4c5ccc(=O)cc-5oc5cc([O-])ccc45)c3)[C@@H](COP(=O)([O-])n3ccnc3)O2)c(=O)[nH]c1=O. The Hall–Kier alpha value is -6.13. The molecule has 4 heterocycles. The molecule has 0 spiro atoms. The highest BCUT2D eigenvalue weighted by Crippen LogP contribution is 2.43. The van der Waals surface area contributed by atoms with Gasteiger partial charge in [0.15, 0.2) is 5.43 Å². The van der Waals surface area contributed by atoms with Crippen LogP contribution < -0.4 is 32.0 Å². The zero-order valence-electron chi connectivity index (χ0n) is 26.9. The molecule has 17 nitrogen and oxygen atoms in total. The molecule has 7 rings (SSSR count). The van der Waals surface area contributed by atoms with Gasteiger partial charge in [-0.15, -0.1) is 5.75 Å². The molecule has 3 N–H and O–H groups in total. The third-order valence-corrected chi connectivity index (χ3v) is 9.91. The monoisotopic (exact) mass is 727 g/mol. The lowest BCUT2D eigenvalue weighted by Crippen LogP contribution is -2.42. The number of hydrogen-bond acceptors (Lipinski definition) is 12. The Morgan fingerprint density at radius 3 is 2.67 bits per heavy atom. The molecular weight excluding hydrogens is 701 g/mol. The largest absolute Gasteiger partial charge is 0.872 e. The minimum absolute atomic E-state index is 0.0175. The van der Waals surface area contributed by atoms with E-state index in [1.54, 1.807) is 0 Å². The minimum atomic E-state index is -4.69.